The maximum absolute atomic E-state index is 11.7. The van der Waals surface area contributed by atoms with Gasteiger partial charge in [0, 0.05) is 13.0 Å². The Morgan fingerprint density at radius 2 is 1.52 bits per heavy atom. The van der Waals surface area contributed by atoms with E-state index in [0.29, 0.717) is 12.2 Å². The van der Waals surface area contributed by atoms with Crippen LogP contribution in [0.25, 0.3) is 11.0 Å². The van der Waals surface area contributed by atoms with Crippen LogP contribution in [0.4, 0.5) is 0 Å². The van der Waals surface area contributed by atoms with Crippen LogP contribution in [0.5, 0.6) is 0 Å². The highest BCUT2D eigenvalue weighted by Crippen LogP contribution is 2.16. The lowest BCUT2D eigenvalue weighted by molar-refractivity contribution is 0.0974. The molecule has 0 saturated carbocycles. The molecule has 0 unspecified atom stereocenters. The molecule has 0 aliphatic carbocycles. The lowest BCUT2D eigenvalue weighted by atomic mass is 10.3. The van der Waals surface area contributed by atoms with Crippen molar-refractivity contribution in [2.24, 2.45) is 0 Å². The average molecular weight is 290 g/mol. The number of benzene rings is 1. The van der Waals surface area contributed by atoms with Crippen molar-refractivity contribution in [1.29, 1.82) is 0 Å². The first-order valence-corrected chi connectivity index (χ1v) is 8.09. The lowest BCUT2D eigenvalue weighted by Gasteiger charge is -2.03. The SMILES string of the molecule is CCC.CCC.CCC(=O)c1nc2ccccc2n1CC. The summed E-state index contributed by atoms with van der Waals surface area (Å²) in [7, 11) is 0. The van der Waals surface area contributed by atoms with Crippen molar-refractivity contribution >= 4 is 16.8 Å². The monoisotopic (exact) mass is 290 g/mol. The van der Waals surface area contributed by atoms with Gasteiger partial charge in [0.1, 0.15) is 0 Å². The number of imidazole rings is 1. The van der Waals surface area contributed by atoms with Crippen molar-refractivity contribution in [3.63, 3.8) is 0 Å². The van der Waals surface area contributed by atoms with E-state index in [-0.39, 0.29) is 5.78 Å². The van der Waals surface area contributed by atoms with Gasteiger partial charge in [-0.3, -0.25) is 4.79 Å². The second kappa shape index (κ2) is 11.1. The normalized spacial score (nSPS) is 9.43. The maximum Gasteiger partial charge on any atom is 0.198 e. The van der Waals surface area contributed by atoms with Gasteiger partial charge in [0.25, 0.3) is 0 Å². The molecule has 0 saturated heterocycles. The van der Waals surface area contributed by atoms with Crippen molar-refractivity contribution in [3.8, 4) is 0 Å². The highest BCUT2D eigenvalue weighted by atomic mass is 16.1. The Hall–Kier alpha value is -1.64. The van der Waals surface area contributed by atoms with Gasteiger partial charge >= 0.3 is 0 Å². The van der Waals surface area contributed by atoms with Gasteiger partial charge in [-0.05, 0) is 19.1 Å². The predicted octanol–water partition coefficient (Wildman–Crippen LogP) is 5.48. The van der Waals surface area contributed by atoms with Crippen LogP contribution in [-0.2, 0) is 6.54 Å². The second-order valence-corrected chi connectivity index (χ2v) is 4.86. The van der Waals surface area contributed by atoms with Gasteiger partial charge in [0.2, 0.25) is 0 Å². The number of hydrogen-bond acceptors (Lipinski definition) is 2. The summed E-state index contributed by atoms with van der Waals surface area (Å²) in [5.41, 5.74) is 1.94. The van der Waals surface area contributed by atoms with E-state index in [2.05, 4.69) is 32.7 Å². The van der Waals surface area contributed by atoms with E-state index in [1.165, 1.54) is 12.8 Å². The molecule has 0 N–H and O–H groups in total. The number of hydrogen-bond donors (Lipinski definition) is 0. The lowest BCUT2D eigenvalue weighted by Crippen LogP contribution is -2.08. The number of nitrogens with zero attached hydrogens (tertiary/aromatic N) is 2. The maximum atomic E-state index is 11.7. The molecule has 0 fully saturated rings. The Kier molecular flexibility index (Phi) is 10.2. The highest BCUT2D eigenvalue weighted by Gasteiger charge is 2.14. The molecule has 2 rings (SSSR count). The minimum atomic E-state index is 0.105. The molecule has 0 bridgehead atoms. The molecule has 2 aromatic rings. The van der Waals surface area contributed by atoms with Crippen molar-refractivity contribution < 1.29 is 4.79 Å². The standard InChI is InChI=1S/C12H14N2O.2C3H8/c1-3-11(15)12-13-9-7-5-6-8-10(9)14(12)4-2;2*1-3-2/h5-8H,3-4H2,1-2H3;2*3H2,1-2H3. The number of carbonyl (C=O) groups is 1. The van der Waals surface area contributed by atoms with Gasteiger partial charge in [-0.25, -0.2) is 4.98 Å². The fraction of sp³-hybridized carbons (Fsp3) is 0.556. The fourth-order valence-corrected chi connectivity index (χ4v) is 1.77. The zero-order valence-corrected chi connectivity index (χ0v) is 14.4. The molecule has 0 spiro atoms. The molecule has 1 heterocycles. The van der Waals surface area contributed by atoms with Crippen LogP contribution in [0.1, 0.15) is 71.4 Å². The molecule has 1 aromatic carbocycles. The van der Waals surface area contributed by atoms with Crippen LogP contribution in [-0.4, -0.2) is 15.3 Å². The Balaban J connectivity index is 0.000000578. The third-order valence-corrected chi connectivity index (χ3v) is 2.54. The molecular formula is C18H30N2O. The molecule has 0 radical (unpaired) electrons. The molecule has 21 heavy (non-hydrogen) atoms. The Morgan fingerprint density at radius 3 is 2.00 bits per heavy atom. The van der Waals surface area contributed by atoms with Crippen LogP contribution in [0.15, 0.2) is 24.3 Å². The number of aromatic nitrogens is 2. The first kappa shape index (κ1) is 19.4. The molecule has 3 heteroatoms. The zero-order valence-electron chi connectivity index (χ0n) is 14.4. The van der Waals surface area contributed by atoms with Crippen molar-refractivity contribution in [3.05, 3.63) is 30.1 Å². The summed E-state index contributed by atoms with van der Waals surface area (Å²) in [6.07, 6.45) is 3.00. The molecule has 0 aliphatic heterocycles. The van der Waals surface area contributed by atoms with Crippen LogP contribution in [0, 0.1) is 0 Å². The topological polar surface area (TPSA) is 34.9 Å². The minimum Gasteiger partial charge on any atom is -0.322 e. The molecule has 0 aliphatic rings. The molecule has 1 aromatic heterocycles. The molecular weight excluding hydrogens is 260 g/mol. The number of aryl methyl sites for hydroxylation is 1. The smallest absolute Gasteiger partial charge is 0.198 e. The quantitative estimate of drug-likeness (QED) is 0.701. The van der Waals surface area contributed by atoms with Gasteiger partial charge in [-0.2, -0.15) is 0 Å². The van der Waals surface area contributed by atoms with Crippen LogP contribution >= 0.6 is 0 Å². The Bertz CT molecular complexity index is 527. The fourth-order valence-electron chi connectivity index (χ4n) is 1.77. The van der Waals surface area contributed by atoms with Crippen LogP contribution < -0.4 is 0 Å². The predicted molar refractivity (Wildman–Crippen MR) is 92.0 cm³/mol. The first-order valence-electron chi connectivity index (χ1n) is 8.09. The summed E-state index contributed by atoms with van der Waals surface area (Å²) >= 11 is 0. The van der Waals surface area contributed by atoms with Gasteiger partial charge in [0.05, 0.1) is 11.0 Å². The van der Waals surface area contributed by atoms with E-state index in [0.717, 1.165) is 17.6 Å². The van der Waals surface area contributed by atoms with E-state index in [9.17, 15) is 4.79 Å². The zero-order chi connectivity index (χ0) is 16.3. The van der Waals surface area contributed by atoms with Gasteiger partial charge in [-0.15, -0.1) is 0 Å². The summed E-state index contributed by atoms with van der Waals surface area (Å²) in [4.78, 5) is 16.0. The molecule has 0 amide bonds. The van der Waals surface area contributed by atoms with Crippen LogP contribution in [0.2, 0.25) is 0 Å². The first-order chi connectivity index (χ1) is 10.1. The van der Waals surface area contributed by atoms with Crippen molar-refractivity contribution in [1.82, 2.24) is 9.55 Å². The van der Waals surface area contributed by atoms with Gasteiger partial charge < -0.3 is 4.57 Å². The number of para-hydroxylation sites is 2. The van der Waals surface area contributed by atoms with E-state index in [1.54, 1.807) is 0 Å². The molecule has 118 valence electrons. The summed E-state index contributed by atoms with van der Waals surface area (Å²) < 4.78 is 1.97. The highest BCUT2D eigenvalue weighted by molar-refractivity contribution is 5.96. The Labute approximate surface area is 129 Å². The molecule has 3 nitrogen and oxygen atoms in total. The summed E-state index contributed by atoms with van der Waals surface area (Å²) in [5.74, 6) is 0.689. The van der Waals surface area contributed by atoms with Gasteiger partial charge in [-0.1, -0.05) is 59.6 Å². The number of rotatable bonds is 3. The van der Waals surface area contributed by atoms with Crippen LogP contribution in [0.3, 0.4) is 0 Å². The third-order valence-electron chi connectivity index (χ3n) is 2.54. The number of Topliss-reactive ketones (excluding diaryl/α,β-unsaturated/α-hetero) is 1. The Morgan fingerprint density at radius 1 is 1.00 bits per heavy atom. The second-order valence-electron chi connectivity index (χ2n) is 4.86. The van der Waals surface area contributed by atoms with E-state index < -0.39 is 0 Å². The minimum absolute atomic E-state index is 0.105. The average Bonchev–Trinajstić information content (AvgIpc) is 2.86. The number of ketones is 1. The summed E-state index contributed by atoms with van der Waals surface area (Å²) in [6.45, 7) is 13.2. The number of carbonyl (C=O) groups excluding carboxylic acids is 1. The number of fused-ring (bicyclic) bond motifs is 1. The van der Waals surface area contributed by atoms with Crippen molar-refractivity contribution in [2.75, 3.05) is 0 Å². The van der Waals surface area contributed by atoms with E-state index in [1.807, 2.05) is 42.7 Å². The summed E-state index contributed by atoms with van der Waals surface area (Å²) in [5, 5.41) is 0. The van der Waals surface area contributed by atoms with E-state index in [4.69, 9.17) is 0 Å². The van der Waals surface area contributed by atoms with Gasteiger partial charge in [0.15, 0.2) is 11.6 Å². The summed E-state index contributed by atoms with van der Waals surface area (Å²) in [6, 6.07) is 7.85. The third kappa shape index (κ3) is 5.70. The molecule has 0 atom stereocenters. The van der Waals surface area contributed by atoms with Crippen molar-refractivity contribution in [2.45, 2.75) is 67.3 Å². The largest absolute Gasteiger partial charge is 0.322 e. The van der Waals surface area contributed by atoms with E-state index >= 15 is 0 Å².